The number of unbranched alkanes of at least 4 members (excludes halogenated alkanes) is 3. The third-order valence-corrected chi connectivity index (χ3v) is 9.27. The topological polar surface area (TPSA) is 9.23 Å². The predicted octanol–water partition coefficient (Wildman–Crippen LogP) is 5.70. The van der Waals surface area contributed by atoms with Crippen LogP contribution in [0.1, 0.15) is 45.1 Å². The lowest BCUT2D eigenvalue weighted by Gasteiger charge is -2.27. The largest absolute Gasteiger partial charge is 0.420 e. The van der Waals surface area contributed by atoms with Crippen molar-refractivity contribution >= 4 is 8.32 Å². The summed E-state index contributed by atoms with van der Waals surface area (Å²) in [7, 11) is 0.399. The first-order valence-corrected chi connectivity index (χ1v) is 10.6. The van der Waals surface area contributed by atoms with Crippen LogP contribution in [0, 0.1) is 11.6 Å². The van der Waals surface area contributed by atoms with Gasteiger partial charge in [-0.3, -0.25) is 0 Å². The molecule has 120 valence electrons. The number of rotatable bonds is 10. The zero-order valence-electron chi connectivity index (χ0n) is 13.6. The second-order valence-electron chi connectivity index (χ2n) is 5.74. The van der Waals surface area contributed by atoms with E-state index in [0.29, 0.717) is 12.0 Å². The summed E-state index contributed by atoms with van der Waals surface area (Å²) in [6.07, 6.45) is 5.12. The molecule has 0 atom stereocenters. The fourth-order valence-corrected chi connectivity index (χ4v) is 5.72. The van der Waals surface area contributed by atoms with Crippen LogP contribution < -0.4 is 0 Å². The second-order valence-corrected chi connectivity index (χ2v) is 10.4. The first-order valence-electron chi connectivity index (χ1n) is 8.06. The summed E-state index contributed by atoms with van der Waals surface area (Å²) in [5.74, 6) is -0.922. The van der Waals surface area contributed by atoms with Crippen molar-refractivity contribution in [1.29, 1.82) is 0 Å². The highest BCUT2D eigenvalue weighted by Crippen LogP contribution is 2.24. The smallest absolute Gasteiger partial charge is 0.191 e. The Morgan fingerprint density at radius 1 is 1.00 bits per heavy atom. The minimum atomic E-state index is -1.46. The van der Waals surface area contributed by atoms with E-state index in [4.69, 9.17) is 4.43 Å². The molecule has 0 fully saturated rings. The quantitative estimate of drug-likeness (QED) is 0.397. The van der Waals surface area contributed by atoms with Crippen LogP contribution in [0.2, 0.25) is 18.1 Å². The predicted molar refractivity (Wildman–Crippen MR) is 87.1 cm³/mol. The normalized spacial score (nSPS) is 11.9. The number of hydrogen-bond donors (Lipinski definition) is 0. The summed E-state index contributed by atoms with van der Waals surface area (Å²) in [4.78, 5) is 0. The van der Waals surface area contributed by atoms with Gasteiger partial charge in [0.2, 0.25) is 0 Å². The molecule has 0 amide bonds. The van der Waals surface area contributed by atoms with Gasteiger partial charge in [0.05, 0.1) is 0 Å². The van der Waals surface area contributed by atoms with E-state index >= 15 is 0 Å². The zero-order chi connectivity index (χ0) is 15.7. The molecule has 0 aliphatic rings. The molecule has 1 nitrogen and oxygen atoms in total. The fourth-order valence-electron chi connectivity index (χ4n) is 2.83. The lowest BCUT2D eigenvalue weighted by atomic mass is 10.1. The molecule has 4 heteroatoms. The van der Waals surface area contributed by atoms with Crippen molar-refractivity contribution in [2.24, 2.45) is 0 Å². The monoisotopic (exact) mass is 314 g/mol. The fraction of sp³-hybridized carbons (Fsp3) is 0.647. The first-order chi connectivity index (χ1) is 10.1. The molecule has 1 aromatic carbocycles. The molecule has 1 rings (SSSR count). The average molecular weight is 314 g/mol. The van der Waals surface area contributed by atoms with Crippen molar-refractivity contribution in [3.63, 3.8) is 0 Å². The summed E-state index contributed by atoms with van der Waals surface area (Å²) in [5.41, 5.74) is 0.624. The number of halogens is 2. The van der Waals surface area contributed by atoms with Crippen LogP contribution in [-0.2, 0) is 10.8 Å². The summed E-state index contributed by atoms with van der Waals surface area (Å²) < 4.78 is 32.1. The molecule has 0 spiro atoms. The van der Waals surface area contributed by atoms with Crippen molar-refractivity contribution < 1.29 is 13.2 Å². The Morgan fingerprint density at radius 2 is 1.67 bits per heavy atom. The maximum absolute atomic E-state index is 13.5. The Balaban J connectivity index is 2.23. The SMILES string of the molecule is CC[Si](CC)(CCCCCCc1ccc(F)cc1F)OC. The first kappa shape index (κ1) is 18.3. The van der Waals surface area contributed by atoms with Gasteiger partial charge in [-0.25, -0.2) is 8.78 Å². The van der Waals surface area contributed by atoms with Crippen LogP contribution in [-0.4, -0.2) is 15.4 Å². The van der Waals surface area contributed by atoms with Crippen molar-refractivity contribution in [1.82, 2.24) is 0 Å². The molecule has 0 saturated carbocycles. The molecule has 0 radical (unpaired) electrons. The highest BCUT2D eigenvalue weighted by Gasteiger charge is 2.28. The van der Waals surface area contributed by atoms with Gasteiger partial charge in [0, 0.05) is 13.2 Å². The maximum Gasteiger partial charge on any atom is 0.191 e. The summed E-state index contributed by atoms with van der Waals surface area (Å²) in [5, 5.41) is 0. The van der Waals surface area contributed by atoms with Gasteiger partial charge in [0.15, 0.2) is 8.32 Å². The van der Waals surface area contributed by atoms with E-state index in [1.807, 2.05) is 7.11 Å². The number of hydrogen-bond acceptors (Lipinski definition) is 1. The summed E-state index contributed by atoms with van der Waals surface area (Å²) in [6, 6.07) is 7.44. The third kappa shape index (κ3) is 5.87. The van der Waals surface area contributed by atoms with Crippen LogP contribution in [0.15, 0.2) is 18.2 Å². The molecule has 0 aliphatic carbocycles. The van der Waals surface area contributed by atoms with Crippen molar-refractivity contribution in [2.45, 2.75) is 64.1 Å². The third-order valence-electron chi connectivity index (χ3n) is 4.57. The highest BCUT2D eigenvalue weighted by atomic mass is 28.4. The number of benzene rings is 1. The van der Waals surface area contributed by atoms with E-state index in [9.17, 15) is 8.78 Å². The Labute approximate surface area is 128 Å². The van der Waals surface area contributed by atoms with Gasteiger partial charge in [0.25, 0.3) is 0 Å². The average Bonchev–Trinajstić information content (AvgIpc) is 2.49. The molecule has 0 unspecified atom stereocenters. The van der Waals surface area contributed by atoms with Gasteiger partial charge in [-0.15, -0.1) is 0 Å². The van der Waals surface area contributed by atoms with Gasteiger partial charge in [0.1, 0.15) is 11.6 Å². The molecule has 0 heterocycles. The lowest BCUT2D eigenvalue weighted by Crippen LogP contribution is -2.34. The molecule has 0 bridgehead atoms. The molecule has 0 saturated heterocycles. The van der Waals surface area contributed by atoms with E-state index in [2.05, 4.69) is 13.8 Å². The van der Waals surface area contributed by atoms with Gasteiger partial charge < -0.3 is 4.43 Å². The minimum absolute atomic E-state index is 0.419. The van der Waals surface area contributed by atoms with E-state index in [1.165, 1.54) is 37.0 Å². The highest BCUT2D eigenvalue weighted by molar-refractivity contribution is 6.73. The molecule has 1 aromatic rings. The van der Waals surface area contributed by atoms with Gasteiger partial charge in [-0.1, -0.05) is 39.2 Å². The van der Waals surface area contributed by atoms with Crippen LogP contribution in [0.5, 0.6) is 0 Å². The molecular formula is C17H28F2OSi. The Hall–Kier alpha value is -0.743. The number of aryl methyl sites for hydroxylation is 1. The van der Waals surface area contributed by atoms with Crippen LogP contribution in [0.25, 0.3) is 0 Å². The summed E-state index contributed by atoms with van der Waals surface area (Å²) >= 11 is 0. The van der Waals surface area contributed by atoms with E-state index in [0.717, 1.165) is 18.9 Å². The van der Waals surface area contributed by atoms with Crippen LogP contribution >= 0.6 is 0 Å². The van der Waals surface area contributed by atoms with Gasteiger partial charge in [-0.05, 0) is 42.6 Å². The van der Waals surface area contributed by atoms with Gasteiger partial charge >= 0.3 is 0 Å². The van der Waals surface area contributed by atoms with E-state index in [-0.39, 0.29) is 0 Å². The summed E-state index contributed by atoms with van der Waals surface area (Å²) in [6.45, 7) is 4.47. The van der Waals surface area contributed by atoms with E-state index < -0.39 is 20.0 Å². The van der Waals surface area contributed by atoms with Crippen molar-refractivity contribution in [2.75, 3.05) is 7.11 Å². The molecule has 0 aliphatic heterocycles. The van der Waals surface area contributed by atoms with Crippen LogP contribution in [0.3, 0.4) is 0 Å². The Kier molecular flexibility index (Phi) is 8.12. The lowest BCUT2D eigenvalue weighted by molar-refractivity contribution is 0.389. The Bertz CT molecular complexity index is 411. The molecular weight excluding hydrogens is 286 g/mol. The maximum atomic E-state index is 13.5. The minimum Gasteiger partial charge on any atom is -0.420 e. The molecule has 0 N–H and O–H groups in total. The Morgan fingerprint density at radius 3 is 2.24 bits per heavy atom. The zero-order valence-corrected chi connectivity index (χ0v) is 14.6. The van der Waals surface area contributed by atoms with Crippen molar-refractivity contribution in [3.8, 4) is 0 Å². The van der Waals surface area contributed by atoms with Crippen molar-refractivity contribution in [3.05, 3.63) is 35.4 Å². The molecule has 21 heavy (non-hydrogen) atoms. The molecule has 0 aromatic heterocycles. The standard InChI is InChI=1S/C17H28F2OSi/c1-4-21(5-2,20-3)13-9-7-6-8-10-15-11-12-16(18)14-17(15)19/h11-12,14H,4-10,13H2,1-3H3. The second kappa shape index (κ2) is 9.31. The van der Waals surface area contributed by atoms with Crippen LogP contribution in [0.4, 0.5) is 8.78 Å². The van der Waals surface area contributed by atoms with Gasteiger partial charge in [-0.2, -0.15) is 0 Å². The van der Waals surface area contributed by atoms with E-state index in [1.54, 1.807) is 6.07 Å².